The van der Waals surface area contributed by atoms with Crippen LogP contribution in [0.15, 0.2) is 29.2 Å². The summed E-state index contributed by atoms with van der Waals surface area (Å²) in [5.41, 5.74) is -0.397. The maximum atomic E-state index is 12.7. The van der Waals surface area contributed by atoms with Crippen molar-refractivity contribution < 1.29 is 61.0 Å². The van der Waals surface area contributed by atoms with Crippen LogP contribution in [0, 0.1) is 10.1 Å². The molecular weight excluding hydrogens is 550 g/mol. The molecule has 1 saturated heterocycles. The first-order chi connectivity index (χ1) is 18.1. The van der Waals surface area contributed by atoms with Gasteiger partial charge in [0.25, 0.3) is 15.7 Å². The Morgan fingerprint density at radius 2 is 1.44 bits per heavy atom. The molecule has 1 heterocycles. The molecule has 0 radical (unpaired) electrons. The first-order valence-electron chi connectivity index (χ1n) is 11.0. The van der Waals surface area contributed by atoms with Gasteiger partial charge in [0.2, 0.25) is 6.29 Å². The van der Waals surface area contributed by atoms with Crippen molar-refractivity contribution in [3.63, 3.8) is 0 Å². The third kappa shape index (κ3) is 8.88. The molecule has 2 unspecified atom stereocenters. The van der Waals surface area contributed by atoms with Gasteiger partial charge < -0.3 is 29.0 Å². The molecule has 0 aromatic heterocycles. The molecule has 39 heavy (non-hydrogen) atoms. The van der Waals surface area contributed by atoms with Gasteiger partial charge in [-0.1, -0.05) is 0 Å². The van der Waals surface area contributed by atoms with E-state index in [0.29, 0.717) is 0 Å². The summed E-state index contributed by atoms with van der Waals surface area (Å²) in [7, 11) is -4.58. The van der Waals surface area contributed by atoms with Crippen molar-refractivity contribution in [2.75, 3.05) is 6.61 Å². The Balaban J connectivity index is 2.40. The number of carbonyl (C=O) groups is 5. The highest BCUT2D eigenvalue weighted by Crippen LogP contribution is 2.28. The predicted molar refractivity (Wildman–Crippen MR) is 124 cm³/mol. The molecule has 1 aliphatic heterocycles. The van der Waals surface area contributed by atoms with Crippen molar-refractivity contribution in [1.82, 2.24) is 10.0 Å². The van der Waals surface area contributed by atoms with E-state index in [1.54, 1.807) is 4.72 Å². The van der Waals surface area contributed by atoms with Gasteiger partial charge in [0.15, 0.2) is 12.2 Å². The lowest BCUT2D eigenvalue weighted by molar-refractivity contribution is -0.384. The van der Waals surface area contributed by atoms with E-state index in [9.17, 15) is 42.5 Å². The van der Waals surface area contributed by atoms with E-state index < -0.39 is 92.7 Å². The zero-order chi connectivity index (χ0) is 29.5. The van der Waals surface area contributed by atoms with Gasteiger partial charge in [0.1, 0.15) is 18.8 Å². The number of benzene rings is 1. The molecule has 1 aliphatic rings. The van der Waals surface area contributed by atoms with Gasteiger partial charge >= 0.3 is 29.9 Å². The highest BCUT2D eigenvalue weighted by Gasteiger charge is 2.52. The van der Waals surface area contributed by atoms with Gasteiger partial charge in [0.05, 0.1) is 9.82 Å². The van der Waals surface area contributed by atoms with Gasteiger partial charge in [-0.3, -0.25) is 29.3 Å². The number of non-ortho nitro benzene ring substituents is 1. The van der Waals surface area contributed by atoms with E-state index in [4.69, 9.17) is 23.7 Å². The number of nitro benzene ring substituents is 1. The minimum Gasteiger partial charge on any atom is -0.463 e. The van der Waals surface area contributed by atoms with Crippen molar-refractivity contribution in [3.8, 4) is 0 Å². The minimum absolute atomic E-state index is 0.397. The van der Waals surface area contributed by atoms with Crippen molar-refractivity contribution in [2.24, 2.45) is 0 Å². The molecule has 1 aromatic rings. The van der Waals surface area contributed by atoms with Crippen molar-refractivity contribution >= 4 is 45.6 Å². The Morgan fingerprint density at radius 3 is 1.92 bits per heavy atom. The summed E-state index contributed by atoms with van der Waals surface area (Å²) in [6.07, 6.45) is -6.24. The summed E-state index contributed by atoms with van der Waals surface area (Å²) >= 11 is 0. The van der Waals surface area contributed by atoms with Gasteiger partial charge in [-0.05, 0) is 12.1 Å². The second-order valence-corrected chi connectivity index (χ2v) is 9.64. The molecule has 2 rings (SSSR count). The van der Waals surface area contributed by atoms with E-state index >= 15 is 0 Å². The Hall–Kier alpha value is -4.32. The summed E-state index contributed by atoms with van der Waals surface area (Å²) in [4.78, 5) is 69.1. The summed E-state index contributed by atoms with van der Waals surface area (Å²) in [5, 5.41) is 13.0. The average Bonchev–Trinajstić information content (AvgIpc) is 2.80. The topological polar surface area (TPSA) is 233 Å². The van der Waals surface area contributed by atoms with E-state index in [1.165, 1.54) is 0 Å². The largest absolute Gasteiger partial charge is 0.463 e. The molecule has 0 bridgehead atoms. The molecule has 2 N–H and O–H groups in total. The number of nitrogens with one attached hydrogen (secondary N) is 2. The van der Waals surface area contributed by atoms with Crippen LogP contribution in [0.4, 0.5) is 10.5 Å². The molecular formula is C21H25N3O14S. The second kappa shape index (κ2) is 13.0. The van der Waals surface area contributed by atoms with Crippen LogP contribution >= 0.6 is 0 Å². The summed E-state index contributed by atoms with van der Waals surface area (Å²) in [5.74, 6) is -3.49. The normalized spacial score (nSPS) is 22.5. The fourth-order valence-electron chi connectivity index (χ4n) is 3.43. The average molecular weight is 576 g/mol. The highest BCUT2D eigenvalue weighted by atomic mass is 32.2. The second-order valence-electron chi connectivity index (χ2n) is 7.96. The molecule has 0 aliphatic carbocycles. The van der Waals surface area contributed by atoms with Crippen LogP contribution in [0.5, 0.6) is 0 Å². The molecule has 1 aromatic carbocycles. The van der Waals surface area contributed by atoms with Crippen LogP contribution in [-0.2, 0) is 52.9 Å². The number of amides is 2. The SMILES string of the molecule is CC(=O)OCC1O[C@@H](OC(C)=O)[C@@H](NC(=O)NS(=O)(=O)c2ccc([N+](=O)[O-])cc2)C(OC(C)=O)[C@@H]1OC(C)=O. The fraction of sp³-hybridized carbons (Fsp3) is 0.476. The van der Waals surface area contributed by atoms with E-state index in [2.05, 4.69) is 5.32 Å². The van der Waals surface area contributed by atoms with E-state index in [0.717, 1.165) is 52.0 Å². The van der Waals surface area contributed by atoms with Gasteiger partial charge in [-0.15, -0.1) is 0 Å². The van der Waals surface area contributed by atoms with Crippen LogP contribution in [0.25, 0.3) is 0 Å². The van der Waals surface area contributed by atoms with Crippen LogP contribution < -0.4 is 10.0 Å². The Bertz CT molecular complexity index is 1230. The number of urea groups is 1. The van der Waals surface area contributed by atoms with Crippen LogP contribution in [0.1, 0.15) is 27.7 Å². The third-order valence-electron chi connectivity index (χ3n) is 4.87. The molecule has 214 valence electrons. The number of hydrogen-bond donors (Lipinski definition) is 2. The van der Waals surface area contributed by atoms with Gasteiger partial charge in [-0.25, -0.2) is 17.9 Å². The maximum Gasteiger partial charge on any atom is 0.329 e. The molecule has 0 saturated carbocycles. The standard InChI is InChI=1S/C21H25N3O14S/c1-10(25)34-9-16-18(35-11(2)26)19(36-12(3)27)17(20(38-16)37-13(4)28)22-21(29)23-39(32,33)15-7-5-14(6-8-15)24(30)31/h5-8,16-20H,9H2,1-4H3,(H2,22,23,29)/t16?,17-,18+,19?,20+/m0/s1. The summed E-state index contributed by atoms with van der Waals surface area (Å²) in [6, 6.07) is 0.511. The van der Waals surface area contributed by atoms with Crippen LogP contribution in [0.2, 0.25) is 0 Å². The van der Waals surface area contributed by atoms with Crippen molar-refractivity contribution in [2.45, 2.75) is 63.2 Å². The van der Waals surface area contributed by atoms with Crippen LogP contribution in [0.3, 0.4) is 0 Å². The van der Waals surface area contributed by atoms with Crippen molar-refractivity contribution in [3.05, 3.63) is 34.4 Å². The maximum absolute atomic E-state index is 12.7. The molecule has 1 fully saturated rings. The van der Waals surface area contributed by atoms with Gasteiger partial charge in [0, 0.05) is 39.8 Å². The number of sulfonamides is 1. The first kappa shape index (κ1) is 30.9. The lowest BCUT2D eigenvalue weighted by Crippen LogP contribution is -2.67. The number of nitro groups is 1. The molecule has 5 atom stereocenters. The molecule has 2 amide bonds. The monoisotopic (exact) mass is 575 g/mol. The fourth-order valence-corrected chi connectivity index (χ4v) is 4.34. The minimum atomic E-state index is -4.58. The first-order valence-corrected chi connectivity index (χ1v) is 12.5. The summed E-state index contributed by atoms with van der Waals surface area (Å²) in [6.45, 7) is 3.52. The lowest BCUT2D eigenvalue weighted by atomic mass is 9.96. The predicted octanol–water partition coefficient (Wildman–Crippen LogP) is -0.334. The molecule has 17 nitrogen and oxygen atoms in total. The number of hydrogen-bond acceptors (Lipinski definition) is 14. The lowest BCUT2D eigenvalue weighted by Gasteiger charge is -2.44. The Labute approximate surface area is 221 Å². The highest BCUT2D eigenvalue weighted by molar-refractivity contribution is 7.90. The number of carbonyl (C=O) groups excluding carboxylic acids is 5. The van der Waals surface area contributed by atoms with Crippen LogP contribution in [-0.4, -0.2) is 80.5 Å². The Kier molecular flexibility index (Phi) is 10.3. The van der Waals surface area contributed by atoms with E-state index in [1.807, 2.05) is 0 Å². The number of rotatable bonds is 9. The smallest absolute Gasteiger partial charge is 0.329 e. The number of esters is 4. The molecule has 0 spiro atoms. The summed E-state index contributed by atoms with van der Waals surface area (Å²) < 4.78 is 52.9. The number of nitrogens with zero attached hydrogens (tertiary/aromatic N) is 1. The molecule has 18 heteroatoms. The van der Waals surface area contributed by atoms with Gasteiger partial charge in [-0.2, -0.15) is 0 Å². The van der Waals surface area contributed by atoms with E-state index in [-0.39, 0.29) is 0 Å². The van der Waals surface area contributed by atoms with Crippen molar-refractivity contribution in [1.29, 1.82) is 0 Å². The third-order valence-corrected chi connectivity index (χ3v) is 6.21. The zero-order valence-electron chi connectivity index (χ0n) is 21.0. The Morgan fingerprint density at radius 1 is 0.897 bits per heavy atom. The number of ether oxygens (including phenoxy) is 5. The quantitative estimate of drug-likeness (QED) is 0.166. The zero-order valence-corrected chi connectivity index (χ0v) is 21.8.